The van der Waals surface area contributed by atoms with Crippen LogP contribution in [0, 0.1) is 5.92 Å². The third-order valence-electron chi connectivity index (χ3n) is 5.67. The van der Waals surface area contributed by atoms with Crippen LogP contribution >= 0.6 is 15.9 Å². The fraction of sp³-hybridized carbons (Fsp3) is 0.391. The summed E-state index contributed by atoms with van der Waals surface area (Å²) in [6.45, 7) is 0.486. The fourth-order valence-electron chi connectivity index (χ4n) is 3.77. The van der Waals surface area contributed by atoms with E-state index < -0.39 is 21.9 Å². The third-order valence-corrected chi connectivity index (χ3v) is 8.05. The number of hydrogen-bond donors (Lipinski definition) is 1. The van der Waals surface area contributed by atoms with Gasteiger partial charge >= 0.3 is 5.97 Å². The van der Waals surface area contributed by atoms with Crippen LogP contribution in [0.2, 0.25) is 0 Å². The van der Waals surface area contributed by atoms with E-state index >= 15 is 0 Å². The van der Waals surface area contributed by atoms with Gasteiger partial charge in [0.05, 0.1) is 38.3 Å². The lowest BCUT2D eigenvalue weighted by molar-refractivity contribution is -0.120. The number of piperidine rings is 1. The van der Waals surface area contributed by atoms with Gasteiger partial charge in [0.15, 0.2) is 11.5 Å². The Morgan fingerprint density at radius 2 is 1.62 bits per heavy atom. The molecule has 184 valence electrons. The second-order valence-corrected chi connectivity index (χ2v) is 10.7. The number of sulfonamides is 1. The molecule has 2 aromatic carbocycles. The topological polar surface area (TPSA) is 111 Å². The highest BCUT2D eigenvalue weighted by molar-refractivity contribution is 9.10. The Hall–Kier alpha value is -2.63. The van der Waals surface area contributed by atoms with Crippen LogP contribution in [0.1, 0.15) is 28.8 Å². The van der Waals surface area contributed by atoms with E-state index in [1.165, 1.54) is 37.8 Å². The number of nitrogens with one attached hydrogen (secondary N) is 1. The summed E-state index contributed by atoms with van der Waals surface area (Å²) in [5.74, 6) is -0.764. The largest absolute Gasteiger partial charge is 0.493 e. The first-order valence-electron chi connectivity index (χ1n) is 10.6. The molecule has 0 bridgehead atoms. The van der Waals surface area contributed by atoms with Gasteiger partial charge in [-0.1, -0.05) is 28.1 Å². The molecule has 1 aliphatic heterocycles. The second-order valence-electron chi connectivity index (χ2n) is 7.79. The average Bonchev–Trinajstić information content (AvgIpc) is 2.84. The smallest absolute Gasteiger partial charge is 0.340 e. The van der Waals surface area contributed by atoms with Crippen LogP contribution in [0.3, 0.4) is 0 Å². The zero-order valence-electron chi connectivity index (χ0n) is 19.2. The number of esters is 1. The molecule has 1 heterocycles. The minimum Gasteiger partial charge on any atom is -0.493 e. The highest BCUT2D eigenvalue weighted by Gasteiger charge is 2.32. The number of rotatable bonds is 8. The minimum absolute atomic E-state index is 0.0920. The normalized spacial score (nSPS) is 14.9. The van der Waals surface area contributed by atoms with Crippen molar-refractivity contribution in [3.8, 4) is 11.5 Å². The van der Waals surface area contributed by atoms with Crippen LogP contribution < -0.4 is 14.8 Å². The third kappa shape index (κ3) is 6.08. The van der Waals surface area contributed by atoms with E-state index in [-0.39, 0.29) is 36.0 Å². The van der Waals surface area contributed by atoms with Crippen molar-refractivity contribution >= 4 is 43.5 Å². The van der Waals surface area contributed by atoms with Crippen molar-refractivity contribution in [2.75, 3.05) is 39.7 Å². The second kappa shape index (κ2) is 11.2. The summed E-state index contributed by atoms with van der Waals surface area (Å²) in [6, 6.07) is 10.1. The molecule has 1 aliphatic rings. The highest BCUT2D eigenvalue weighted by atomic mass is 79.9. The van der Waals surface area contributed by atoms with Crippen molar-refractivity contribution in [1.82, 2.24) is 4.31 Å². The predicted molar refractivity (Wildman–Crippen MR) is 131 cm³/mol. The summed E-state index contributed by atoms with van der Waals surface area (Å²) in [4.78, 5) is 25.2. The van der Waals surface area contributed by atoms with Crippen LogP contribution in [0.4, 0.5) is 5.69 Å². The molecule has 34 heavy (non-hydrogen) atoms. The number of halogens is 1. The summed E-state index contributed by atoms with van der Waals surface area (Å²) in [5.41, 5.74) is 1.06. The van der Waals surface area contributed by atoms with E-state index in [2.05, 4.69) is 21.2 Å². The summed E-state index contributed by atoms with van der Waals surface area (Å²) in [6.07, 6.45) is 0.735. The number of anilines is 1. The molecule has 2 aromatic rings. The quantitative estimate of drug-likeness (QED) is 0.497. The maximum absolute atomic E-state index is 13.0. The molecule has 0 unspecified atom stereocenters. The average molecular weight is 555 g/mol. The maximum Gasteiger partial charge on any atom is 0.340 e. The lowest BCUT2D eigenvalue weighted by Gasteiger charge is -2.30. The van der Waals surface area contributed by atoms with Crippen molar-refractivity contribution in [3.63, 3.8) is 0 Å². The van der Waals surface area contributed by atoms with E-state index in [0.29, 0.717) is 29.9 Å². The van der Waals surface area contributed by atoms with Gasteiger partial charge in [-0.2, -0.15) is 0 Å². The molecule has 0 saturated carbocycles. The Morgan fingerprint density at radius 1 is 1.03 bits per heavy atom. The summed E-state index contributed by atoms with van der Waals surface area (Å²) < 4.78 is 43.3. The van der Waals surface area contributed by atoms with Crippen molar-refractivity contribution in [3.05, 3.63) is 52.0 Å². The first kappa shape index (κ1) is 26.0. The van der Waals surface area contributed by atoms with Crippen molar-refractivity contribution < 1.29 is 32.2 Å². The van der Waals surface area contributed by atoms with E-state index in [1.807, 2.05) is 0 Å². The van der Waals surface area contributed by atoms with E-state index in [4.69, 9.17) is 14.2 Å². The number of carbonyl (C=O) groups excluding carboxylic acids is 2. The van der Waals surface area contributed by atoms with Gasteiger partial charge in [0.2, 0.25) is 15.9 Å². The van der Waals surface area contributed by atoms with Crippen LogP contribution in [0.25, 0.3) is 0 Å². The number of nitrogens with zero attached hydrogens (tertiary/aromatic N) is 1. The van der Waals surface area contributed by atoms with Gasteiger partial charge in [0, 0.05) is 35.6 Å². The van der Waals surface area contributed by atoms with Gasteiger partial charge < -0.3 is 19.5 Å². The lowest BCUT2D eigenvalue weighted by atomic mass is 9.97. The number of hydrogen-bond acceptors (Lipinski definition) is 7. The molecule has 1 amide bonds. The Bertz CT molecular complexity index is 1140. The van der Waals surface area contributed by atoms with Gasteiger partial charge in [-0.15, -0.1) is 0 Å². The number of ether oxygens (including phenoxy) is 3. The molecular weight excluding hydrogens is 528 g/mol. The SMILES string of the molecule is COC(=O)c1cc(OC)c(OC)cc1NC(=O)C1CCN(S(=O)(=O)Cc2ccc(Br)cc2)CC1. The molecule has 0 aromatic heterocycles. The zero-order valence-corrected chi connectivity index (χ0v) is 21.6. The Labute approximate surface area is 207 Å². The van der Waals surface area contributed by atoms with Crippen LogP contribution in [0.15, 0.2) is 40.9 Å². The van der Waals surface area contributed by atoms with Crippen LogP contribution in [-0.2, 0) is 25.3 Å². The number of benzene rings is 2. The molecule has 9 nitrogen and oxygen atoms in total. The molecule has 3 rings (SSSR count). The number of amides is 1. The molecule has 1 N–H and O–H groups in total. The Morgan fingerprint density at radius 3 is 2.18 bits per heavy atom. The molecule has 0 atom stereocenters. The van der Waals surface area contributed by atoms with E-state index in [9.17, 15) is 18.0 Å². The maximum atomic E-state index is 13.0. The van der Waals surface area contributed by atoms with Gasteiger partial charge in [-0.25, -0.2) is 17.5 Å². The predicted octanol–water partition coefficient (Wildman–Crippen LogP) is 3.43. The molecule has 0 spiro atoms. The number of carbonyl (C=O) groups is 2. The molecule has 0 radical (unpaired) electrons. The number of methoxy groups -OCH3 is 3. The van der Waals surface area contributed by atoms with Gasteiger partial charge in [-0.3, -0.25) is 4.79 Å². The lowest BCUT2D eigenvalue weighted by Crippen LogP contribution is -2.42. The first-order chi connectivity index (χ1) is 16.2. The molecule has 11 heteroatoms. The Kier molecular flexibility index (Phi) is 8.56. The summed E-state index contributed by atoms with van der Waals surface area (Å²) >= 11 is 3.34. The first-order valence-corrected chi connectivity index (χ1v) is 13.0. The van der Waals surface area contributed by atoms with Crippen LogP contribution in [-0.4, -0.2) is 59.0 Å². The van der Waals surface area contributed by atoms with E-state index in [0.717, 1.165) is 4.47 Å². The van der Waals surface area contributed by atoms with Gasteiger partial charge in [0.25, 0.3) is 0 Å². The van der Waals surface area contributed by atoms with Crippen molar-refractivity contribution in [2.45, 2.75) is 18.6 Å². The fourth-order valence-corrected chi connectivity index (χ4v) is 5.60. The standard InChI is InChI=1S/C23H27BrN2O7S/c1-31-20-12-18(23(28)33-3)19(13-21(20)32-2)25-22(27)16-8-10-26(11-9-16)34(29,30)14-15-4-6-17(24)7-5-15/h4-7,12-13,16H,8-11,14H2,1-3H3,(H,25,27). The Balaban J connectivity index is 1.68. The summed E-state index contributed by atoms with van der Waals surface area (Å²) in [5, 5.41) is 2.77. The minimum atomic E-state index is -3.50. The monoisotopic (exact) mass is 554 g/mol. The van der Waals surface area contributed by atoms with E-state index in [1.54, 1.807) is 24.3 Å². The van der Waals surface area contributed by atoms with Crippen LogP contribution in [0.5, 0.6) is 11.5 Å². The molecule has 0 aliphatic carbocycles. The molecular formula is C23H27BrN2O7S. The molecule has 1 fully saturated rings. The van der Waals surface area contributed by atoms with Gasteiger partial charge in [-0.05, 0) is 30.5 Å². The molecule has 1 saturated heterocycles. The van der Waals surface area contributed by atoms with Crippen molar-refractivity contribution in [2.24, 2.45) is 5.92 Å². The highest BCUT2D eigenvalue weighted by Crippen LogP contribution is 2.34. The summed E-state index contributed by atoms with van der Waals surface area (Å²) in [7, 11) is 0.635. The van der Waals surface area contributed by atoms with Crippen molar-refractivity contribution in [1.29, 1.82) is 0 Å². The zero-order chi connectivity index (χ0) is 24.9. The van der Waals surface area contributed by atoms with Gasteiger partial charge in [0.1, 0.15) is 0 Å².